The van der Waals surface area contributed by atoms with E-state index in [9.17, 15) is 14.0 Å². The molecular weight excluding hydrogens is 411 g/mol. The van der Waals surface area contributed by atoms with Gasteiger partial charge in [0.2, 0.25) is 5.91 Å². The Bertz CT molecular complexity index is 974. The van der Waals surface area contributed by atoms with E-state index in [0.29, 0.717) is 11.3 Å². The summed E-state index contributed by atoms with van der Waals surface area (Å²) in [6, 6.07) is 8.24. The van der Waals surface area contributed by atoms with E-state index in [2.05, 4.69) is 14.9 Å². The van der Waals surface area contributed by atoms with Crippen LogP contribution in [0.5, 0.6) is 0 Å². The van der Waals surface area contributed by atoms with E-state index >= 15 is 0 Å². The Balaban J connectivity index is 2.12. The molecule has 1 atom stereocenters. The maximum atomic E-state index is 14.0. The number of halogens is 1. The average molecular weight is 433 g/mol. The number of hydrogen-bond acceptors (Lipinski definition) is 6. The van der Waals surface area contributed by atoms with Crippen molar-refractivity contribution < 1.29 is 14.0 Å². The topological polar surface area (TPSA) is 75.2 Å². The van der Waals surface area contributed by atoms with Gasteiger partial charge < -0.3 is 5.32 Å². The van der Waals surface area contributed by atoms with Crippen molar-refractivity contribution in [3.8, 4) is 0 Å². The Morgan fingerprint density at radius 3 is 2.66 bits per heavy atom. The zero-order chi connectivity index (χ0) is 21.0. The van der Waals surface area contributed by atoms with Gasteiger partial charge in [-0.15, -0.1) is 16.4 Å². The number of amides is 2. The molecule has 1 aromatic carbocycles. The Labute approximate surface area is 176 Å². The number of benzene rings is 1. The third-order valence-electron chi connectivity index (χ3n) is 4.55. The van der Waals surface area contributed by atoms with Crippen molar-refractivity contribution in [1.82, 2.24) is 14.9 Å². The minimum absolute atomic E-state index is 0.100. The fourth-order valence-electron chi connectivity index (χ4n) is 2.70. The lowest BCUT2D eigenvalue weighted by Gasteiger charge is -2.33. The molecule has 0 bridgehead atoms. The molecule has 1 N–H and O–H groups in total. The Morgan fingerprint density at radius 2 is 2.07 bits per heavy atom. The summed E-state index contributed by atoms with van der Waals surface area (Å²) in [7, 11) is 0. The second-order valence-electron chi connectivity index (χ2n) is 7.09. The van der Waals surface area contributed by atoms with Crippen LogP contribution < -0.4 is 10.2 Å². The van der Waals surface area contributed by atoms with E-state index in [1.165, 1.54) is 39.8 Å². The second-order valence-corrected chi connectivity index (χ2v) is 8.68. The third kappa shape index (κ3) is 4.86. The van der Waals surface area contributed by atoms with Gasteiger partial charge in [-0.3, -0.25) is 14.5 Å². The molecule has 3 aromatic rings. The molecule has 0 fully saturated rings. The zero-order valence-corrected chi connectivity index (χ0v) is 17.9. The van der Waals surface area contributed by atoms with E-state index < -0.39 is 23.3 Å². The SMILES string of the molecule is CCC(C)(C)NC(=O)C(c1cccs1)N(C(=O)c1csnn1)c1cccc(F)c1. The summed E-state index contributed by atoms with van der Waals surface area (Å²) in [6.07, 6.45) is 0.708. The van der Waals surface area contributed by atoms with Crippen molar-refractivity contribution in [1.29, 1.82) is 0 Å². The van der Waals surface area contributed by atoms with Crippen molar-refractivity contribution in [3.63, 3.8) is 0 Å². The first kappa shape index (κ1) is 21.1. The summed E-state index contributed by atoms with van der Waals surface area (Å²) in [5.41, 5.74) is -0.0972. The van der Waals surface area contributed by atoms with Crippen LogP contribution in [0.25, 0.3) is 0 Å². The van der Waals surface area contributed by atoms with E-state index in [1.54, 1.807) is 12.1 Å². The van der Waals surface area contributed by atoms with E-state index in [4.69, 9.17) is 0 Å². The van der Waals surface area contributed by atoms with E-state index in [1.807, 2.05) is 32.2 Å². The van der Waals surface area contributed by atoms with Crippen LogP contribution in [-0.2, 0) is 4.79 Å². The normalized spacial score (nSPS) is 12.4. The smallest absolute Gasteiger partial charge is 0.280 e. The molecule has 29 heavy (non-hydrogen) atoms. The van der Waals surface area contributed by atoms with Crippen LogP contribution in [0.2, 0.25) is 0 Å². The molecule has 152 valence electrons. The maximum Gasteiger partial charge on any atom is 0.280 e. The molecule has 0 aliphatic carbocycles. The number of nitrogens with one attached hydrogen (secondary N) is 1. The van der Waals surface area contributed by atoms with Crippen molar-refractivity contribution in [2.24, 2.45) is 0 Å². The number of aromatic nitrogens is 2. The van der Waals surface area contributed by atoms with Crippen LogP contribution in [-0.4, -0.2) is 26.9 Å². The third-order valence-corrected chi connectivity index (χ3v) is 5.98. The van der Waals surface area contributed by atoms with Gasteiger partial charge >= 0.3 is 0 Å². The number of hydrogen-bond donors (Lipinski definition) is 1. The highest BCUT2D eigenvalue weighted by molar-refractivity contribution is 7.10. The molecule has 0 saturated heterocycles. The number of carbonyl (C=O) groups excluding carboxylic acids is 2. The van der Waals surface area contributed by atoms with Crippen molar-refractivity contribution in [2.45, 2.75) is 38.8 Å². The number of rotatable bonds is 7. The number of carbonyl (C=O) groups is 2. The maximum absolute atomic E-state index is 14.0. The minimum Gasteiger partial charge on any atom is -0.349 e. The molecule has 1 unspecified atom stereocenters. The highest BCUT2D eigenvalue weighted by Crippen LogP contribution is 2.33. The molecule has 2 heterocycles. The van der Waals surface area contributed by atoms with Gasteiger partial charge in [0.15, 0.2) is 11.7 Å². The molecule has 3 rings (SSSR count). The lowest BCUT2D eigenvalue weighted by atomic mass is 10.0. The predicted molar refractivity (Wildman–Crippen MR) is 113 cm³/mol. The Kier molecular flexibility index (Phi) is 6.39. The highest BCUT2D eigenvalue weighted by Gasteiger charge is 2.37. The van der Waals surface area contributed by atoms with Crippen molar-refractivity contribution >= 4 is 40.4 Å². The van der Waals surface area contributed by atoms with Crippen LogP contribution >= 0.6 is 22.9 Å². The van der Waals surface area contributed by atoms with Crippen LogP contribution in [0, 0.1) is 5.82 Å². The number of nitrogens with zero attached hydrogens (tertiary/aromatic N) is 3. The quantitative estimate of drug-likeness (QED) is 0.599. The molecule has 2 aromatic heterocycles. The number of thiophene rings is 1. The zero-order valence-electron chi connectivity index (χ0n) is 16.3. The van der Waals surface area contributed by atoms with Gasteiger partial charge in [-0.25, -0.2) is 4.39 Å². The molecule has 6 nitrogen and oxygen atoms in total. The fourth-order valence-corrected chi connectivity index (χ4v) is 3.94. The summed E-state index contributed by atoms with van der Waals surface area (Å²) >= 11 is 2.39. The van der Waals surface area contributed by atoms with E-state index in [-0.39, 0.29) is 17.3 Å². The van der Waals surface area contributed by atoms with Gasteiger partial charge in [0.25, 0.3) is 5.91 Å². The van der Waals surface area contributed by atoms with E-state index in [0.717, 1.165) is 11.5 Å². The monoisotopic (exact) mass is 432 g/mol. The molecular formula is C20H21FN4O2S2. The highest BCUT2D eigenvalue weighted by atomic mass is 32.1. The molecule has 0 aliphatic rings. The molecule has 0 saturated carbocycles. The van der Waals surface area contributed by atoms with Crippen molar-refractivity contribution in [3.05, 3.63) is 63.5 Å². The van der Waals surface area contributed by atoms with Crippen LogP contribution in [0.3, 0.4) is 0 Å². The van der Waals surface area contributed by atoms with Crippen LogP contribution in [0.1, 0.15) is 48.6 Å². The second kappa shape index (κ2) is 8.79. The van der Waals surface area contributed by atoms with Crippen LogP contribution in [0.15, 0.2) is 47.2 Å². The molecule has 0 aliphatic heterocycles. The largest absolute Gasteiger partial charge is 0.349 e. The Hall–Kier alpha value is -2.65. The van der Waals surface area contributed by atoms with Gasteiger partial charge in [0, 0.05) is 21.5 Å². The molecule has 2 amide bonds. The van der Waals surface area contributed by atoms with Crippen molar-refractivity contribution in [2.75, 3.05) is 4.90 Å². The van der Waals surface area contributed by atoms with Gasteiger partial charge in [-0.1, -0.05) is 23.5 Å². The summed E-state index contributed by atoms with van der Waals surface area (Å²) in [6.45, 7) is 5.79. The lowest BCUT2D eigenvalue weighted by Crippen LogP contribution is -2.50. The average Bonchev–Trinajstić information content (AvgIpc) is 3.39. The molecule has 0 spiro atoms. The summed E-state index contributed by atoms with van der Waals surface area (Å²) < 4.78 is 17.8. The molecule has 0 radical (unpaired) electrons. The molecule has 9 heteroatoms. The summed E-state index contributed by atoms with van der Waals surface area (Å²) in [4.78, 5) is 28.6. The van der Waals surface area contributed by atoms with Crippen LogP contribution in [0.4, 0.5) is 10.1 Å². The van der Waals surface area contributed by atoms with Gasteiger partial charge in [0.05, 0.1) is 0 Å². The van der Waals surface area contributed by atoms with Gasteiger partial charge in [-0.05, 0) is 61.4 Å². The summed E-state index contributed by atoms with van der Waals surface area (Å²) in [5, 5.41) is 10.2. The lowest BCUT2D eigenvalue weighted by molar-refractivity contribution is -0.124. The first-order valence-electron chi connectivity index (χ1n) is 9.04. The minimum atomic E-state index is -0.975. The standard InChI is InChI=1S/C20H21FN4O2S2/c1-4-20(2,3)22-18(26)17(16-9-6-10-28-16)25(14-8-5-7-13(21)11-14)19(27)15-12-29-24-23-15/h5-12,17H,4H2,1-3H3,(H,22,26). The number of anilines is 1. The summed E-state index contributed by atoms with van der Waals surface area (Å²) in [5.74, 6) is -1.37. The van der Waals surface area contributed by atoms with Gasteiger partial charge in [0.1, 0.15) is 5.82 Å². The predicted octanol–water partition coefficient (Wildman–Crippen LogP) is 4.43. The first-order valence-corrected chi connectivity index (χ1v) is 10.8. The van der Waals surface area contributed by atoms with Gasteiger partial charge in [-0.2, -0.15) is 0 Å². The first-order chi connectivity index (χ1) is 13.8. The Morgan fingerprint density at radius 1 is 1.28 bits per heavy atom. The fraction of sp³-hybridized carbons (Fsp3) is 0.300.